The fraction of sp³-hybridized carbons (Fsp3) is 0.0690. The lowest BCUT2D eigenvalue weighted by atomic mass is 10.1. The number of hydrogen-bond acceptors (Lipinski definition) is 5. The molecule has 0 radical (unpaired) electrons. The van der Waals surface area contributed by atoms with E-state index >= 15 is 0 Å². The van der Waals surface area contributed by atoms with E-state index in [1.807, 2.05) is 54.6 Å². The van der Waals surface area contributed by atoms with Crippen molar-refractivity contribution in [2.45, 2.75) is 13.0 Å². The second kappa shape index (κ2) is 12.2. The molecule has 186 valence electrons. The van der Waals surface area contributed by atoms with Crippen molar-refractivity contribution >= 4 is 41.3 Å². The van der Waals surface area contributed by atoms with Crippen molar-refractivity contribution < 1.29 is 19.1 Å². The van der Waals surface area contributed by atoms with Gasteiger partial charge in [-0.3, -0.25) is 4.79 Å². The van der Waals surface area contributed by atoms with Crippen LogP contribution in [-0.4, -0.2) is 24.2 Å². The predicted molar refractivity (Wildman–Crippen MR) is 146 cm³/mol. The molecule has 0 aliphatic rings. The Kier molecular flexibility index (Phi) is 8.56. The van der Waals surface area contributed by atoms with Gasteiger partial charge in [-0.2, -0.15) is 5.10 Å². The highest BCUT2D eigenvalue weighted by atomic mass is 35.5. The molecule has 0 aliphatic carbocycles. The molecular formula is C29H22Cl2N2O4. The maximum absolute atomic E-state index is 12.4. The molecule has 0 unspecified atom stereocenters. The zero-order chi connectivity index (χ0) is 26.2. The molecule has 0 bridgehead atoms. The van der Waals surface area contributed by atoms with Gasteiger partial charge < -0.3 is 9.47 Å². The molecule has 0 saturated heterocycles. The van der Waals surface area contributed by atoms with Crippen LogP contribution < -0.4 is 14.9 Å². The largest absolute Gasteiger partial charge is 0.481 e. The Hall–Kier alpha value is -4.13. The van der Waals surface area contributed by atoms with Crippen molar-refractivity contribution in [1.29, 1.82) is 0 Å². The molecule has 4 rings (SSSR count). The number of benzene rings is 4. The second-order valence-corrected chi connectivity index (χ2v) is 8.81. The van der Waals surface area contributed by atoms with E-state index in [2.05, 4.69) is 10.5 Å². The third-order valence-electron chi connectivity index (χ3n) is 5.27. The molecule has 1 N–H and O–H groups in total. The van der Waals surface area contributed by atoms with E-state index in [9.17, 15) is 9.59 Å². The fourth-order valence-corrected chi connectivity index (χ4v) is 3.80. The summed E-state index contributed by atoms with van der Waals surface area (Å²) in [6.45, 7) is 1.64. The lowest BCUT2D eigenvalue weighted by Gasteiger charge is -2.13. The molecule has 0 saturated carbocycles. The van der Waals surface area contributed by atoms with Crippen LogP contribution in [0.4, 0.5) is 0 Å². The highest BCUT2D eigenvalue weighted by Crippen LogP contribution is 2.24. The van der Waals surface area contributed by atoms with Gasteiger partial charge in [-0.05, 0) is 78.2 Å². The number of carbonyl (C=O) groups excluding carboxylic acids is 2. The van der Waals surface area contributed by atoms with Crippen LogP contribution in [0.25, 0.3) is 11.1 Å². The smallest absolute Gasteiger partial charge is 0.345 e. The highest BCUT2D eigenvalue weighted by molar-refractivity contribution is 6.36. The summed E-state index contributed by atoms with van der Waals surface area (Å²) < 4.78 is 11.1. The number of nitrogens with one attached hydrogen (secondary N) is 1. The lowest BCUT2D eigenvalue weighted by molar-refractivity contribution is -0.127. The monoisotopic (exact) mass is 532 g/mol. The summed E-state index contributed by atoms with van der Waals surface area (Å²) in [6, 6.07) is 28.7. The molecule has 0 fully saturated rings. The van der Waals surface area contributed by atoms with Crippen molar-refractivity contribution in [3.05, 3.63) is 118 Å². The minimum Gasteiger partial charge on any atom is -0.481 e. The van der Waals surface area contributed by atoms with Gasteiger partial charge >= 0.3 is 5.97 Å². The van der Waals surface area contributed by atoms with E-state index < -0.39 is 18.0 Å². The average Bonchev–Trinajstić information content (AvgIpc) is 2.90. The van der Waals surface area contributed by atoms with Crippen molar-refractivity contribution in [2.75, 3.05) is 0 Å². The number of hydrazone groups is 1. The zero-order valence-electron chi connectivity index (χ0n) is 19.7. The molecule has 8 heteroatoms. The number of hydrogen-bond donors (Lipinski definition) is 1. The Morgan fingerprint density at radius 2 is 1.49 bits per heavy atom. The summed E-state index contributed by atoms with van der Waals surface area (Å²) in [6.07, 6.45) is 0.724. The Labute approximate surface area is 224 Å². The van der Waals surface area contributed by atoms with Gasteiger partial charge in [-0.1, -0.05) is 65.7 Å². The number of nitrogens with zero attached hydrogens (tertiary/aromatic N) is 1. The first-order valence-corrected chi connectivity index (χ1v) is 12.1. The summed E-state index contributed by atoms with van der Waals surface area (Å²) >= 11 is 11.9. The van der Waals surface area contributed by atoms with Gasteiger partial charge in [0.25, 0.3) is 5.91 Å². The summed E-state index contributed by atoms with van der Waals surface area (Å²) in [7, 11) is 0. The first-order valence-electron chi connectivity index (χ1n) is 11.3. The SMILES string of the molecule is C[C@H](Oc1ccc(-c2ccccc2)cc1)C(=O)N/N=C\c1ccc(OC(=O)c2ccc(Cl)cc2Cl)cc1. The molecular weight excluding hydrogens is 511 g/mol. The Bertz CT molecular complexity index is 1410. The minimum absolute atomic E-state index is 0.208. The van der Waals surface area contributed by atoms with Crippen molar-refractivity contribution in [3.63, 3.8) is 0 Å². The Balaban J connectivity index is 1.26. The predicted octanol–water partition coefficient (Wildman–Crippen LogP) is 6.80. The van der Waals surface area contributed by atoms with E-state index in [1.54, 1.807) is 37.3 Å². The Morgan fingerprint density at radius 1 is 0.838 bits per heavy atom. The second-order valence-electron chi connectivity index (χ2n) is 7.97. The first-order chi connectivity index (χ1) is 17.9. The number of rotatable bonds is 8. The molecule has 37 heavy (non-hydrogen) atoms. The average molecular weight is 533 g/mol. The summed E-state index contributed by atoms with van der Waals surface area (Å²) in [4.78, 5) is 24.7. The van der Waals surface area contributed by atoms with Crippen LogP contribution in [-0.2, 0) is 4.79 Å². The Morgan fingerprint density at radius 3 is 2.16 bits per heavy atom. The standard InChI is InChI=1S/C29H22Cl2N2O4/c1-19(36-24-14-9-22(10-15-24)21-5-3-2-4-6-21)28(34)33-32-18-20-7-12-25(13-8-20)37-29(35)26-16-11-23(30)17-27(26)31/h2-19H,1H3,(H,33,34)/b32-18-/t19-/m0/s1. The summed E-state index contributed by atoms with van der Waals surface area (Å²) in [5, 5.41) is 4.61. The van der Waals surface area contributed by atoms with Gasteiger partial charge in [-0.25, -0.2) is 10.2 Å². The molecule has 0 heterocycles. The van der Waals surface area contributed by atoms with E-state index in [-0.39, 0.29) is 10.6 Å². The van der Waals surface area contributed by atoms with Crippen LogP contribution in [0.1, 0.15) is 22.8 Å². The summed E-state index contributed by atoms with van der Waals surface area (Å²) in [5.74, 6) is -0.0818. The van der Waals surface area contributed by atoms with Crippen molar-refractivity contribution in [3.8, 4) is 22.6 Å². The molecule has 6 nitrogen and oxygen atoms in total. The van der Waals surface area contributed by atoms with Crippen LogP contribution in [0, 0.1) is 0 Å². The van der Waals surface area contributed by atoms with Crippen LogP contribution in [0.3, 0.4) is 0 Å². The molecule has 4 aromatic carbocycles. The maximum atomic E-state index is 12.4. The van der Waals surface area contributed by atoms with Crippen LogP contribution in [0.2, 0.25) is 10.0 Å². The fourth-order valence-electron chi connectivity index (χ4n) is 3.31. The number of amides is 1. The molecule has 4 aromatic rings. The lowest BCUT2D eigenvalue weighted by Crippen LogP contribution is -2.33. The molecule has 0 aromatic heterocycles. The third-order valence-corrected chi connectivity index (χ3v) is 5.82. The normalized spacial score (nSPS) is 11.6. The summed E-state index contributed by atoms with van der Waals surface area (Å²) in [5.41, 5.74) is 5.53. The third kappa shape index (κ3) is 7.19. The molecule has 0 aliphatic heterocycles. The molecule has 1 amide bonds. The first kappa shape index (κ1) is 25.9. The minimum atomic E-state index is -0.749. The zero-order valence-corrected chi connectivity index (χ0v) is 21.2. The topological polar surface area (TPSA) is 77.0 Å². The van der Waals surface area contributed by atoms with Crippen LogP contribution >= 0.6 is 23.2 Å². The number of ether oxygens (including phenoxy) is 2. The van der Waals surface area contributed by atoms with Crippen molar-refractivity contribution in [1.82, 2.24) is 5.43 Å². The molecule has 0 spiro atoms. The van der Waals surface area contributed by atoms with Gasteiger partial charge in [-0.15, -0.1) is 0 Å². The van der Waals surface area contributed by atoms with Gasteiger partial charge in [0, 0.05) is 5.02 Å². The van der Waals surface area contributed by atoms with E-state index in [0.717, 1.165) is 11.1 Å². The highest BCUT2D eigenvalue weighted by Gasteiger charge is 2.15. The van der Waals surface area contributed by atoms with E-state index in [4.69, 9.17) is 32.7 Å². The number of halogens is 2. The van der Waals surface area contributed by atoms with Gasteiger partial charge in [0.1, 0.15) is 11.5 Å². The van der Waals surface area contributed by atoms with Gasteiger partial charge in [0.15, 0.2) is 6.10 Å². The van der Waals surface area contributed by atoms with Crippen LogP contribution in [0.15, 0.2) is 102 Å². The molecule has 1 atom stereocenters. The maximum Gasteiger partial charge on any atom is 0.345 e. The van der Waals surface area contributed by atoms with E-state index in [0.29, 0.717) is 22.1 Å². The number of carbonyl (C=O) groups is 2. The number of esters is 1. The quantitative estimate of drug-likeness (QED) is 0.117. The van der Waals surface area contributed by atoms with E-state index in [1.165, 1.54) is 18.3 Å². The van der Waals surface area contributed by atoms with Crippen molar-refractivity contribution in [2.24, 2.45) is 5.10 Å². The van der Waals surface area contributed by atoms with Crippen LogP contribution in [0.5, 0.6) is 11.5 Å². The van der Waals surface area contributed by atoms with Gasteiger partial charge in [0.2, 0.25) is 0 Å². The van der Waals surface area contributed by atoms with Gasteiger partial charge in [0.05, 0.1) is 16.8 Å².